The molecule has 0 spiro atoms. The number of nitrogens with zero attached hydrogens (tertiary/aromatic N) is 2. The molecule has 1 aliphatic heterocycles. The van der Waals surface area contributed by atoms with Crippen molar-refractivity contribution >= 4 is 35.0 Å². The minimum absolute atomic E-state index is 0.0834. The van der Waals surface area contributed by atoms with Crippen molar-refractivity contribution in [1.82, 2.24) is 5.16 Å². The number of carbonyl (C=O) groups is 2. The topological polar surface area (TPSA) is 75.4 Å². The third kappa shape index (κ3) is 4.49. The molecule has 0 radical (unpaired) electrons. The van der Waals surface area contributed by atoms with Gasteiger partial charge in [0.15, 0.2) is 0 Å². The van der Waals surface area contributed by atoms with Gasteiger partial charge in [-0.15, -0.1) is 11.8 Å². The Kier molecular flexibility index (Phi) is 6.08. The fourth-order valence-electron chi connectivity index (χ4n) is 3.54. The molecule has 0 bridgehead atoms. The minimum Gasteiger partial charge on any atom is -0.361 e. The van der Waals surface area contributed by atoms with Crippen molar-refractivity contribution in [3.63, 3.8) is 0 Å². The normalized spacial score (nSPS) is 13.6. The summed E-state index contributed by atoms with van der Waals surface area (Å²) in [4.78, 5) is 27.0. The number of halogens is 1. The number of aryl methyl sites for hydroxylation is 2. The fourth-order valence-corrected chi connectivity index (χ4v) is 4.75. The van der Waals surface area contributed by atoms with Crippen LogP contribution in [-0.4, -0.2) is 23.5 Å². The lowest BCUT2D eigenvalue weighted by Crippen LogP contribution is -2.24. The lowest BCUT2D eigenvalue weighted by atomic mass is 10.2. The third-order valence-corrected chi connectivity index (χ3v) is 6.35. The summed E-state index contributed by atoms with van der Waals surface area (Å²) < 4.78 is 19.8. The quantitative estimate of drug-likeness (QED) is 0.541. The van der Waals surface area contributed by atoms with Crippen LogP contribution in [0.4, 0.5) is 15.8 Å². The summed E-state index contributed by atoms with van der Waals surface area (Å²) >= 11 is 1.52. The van der Waals surface area contributed by atoms with E-state index in [1.54, 1.807) is 18.2 Å². The molecule has 1 N–H and O–H groups in total. The average molecular weight is 440 g/mol. The Morgan fingerprint density at radius 2 is 2.06 bits per heavy atom. The molecule has 0 atom stereocenters. The second kappa shape index (κ2) is 8.93. The molecular weight excluding hydrogens is 417 g/mol. The first-order valence-corrected chi connectivity index (χ1v) is 11.0. The van der Waals surface area contributed by atoms with Gasteiger partial charge in [0, 0.05) is 34.9 Å². The number of benzene rings is 2. The van der Waals surface area contributed by atoms with Crippen LogP contribution in [0.1, 0.15) is 40.2 Å². The maximum absolute atomic E-state index is 14.6. The highest BCUT2D eigenvalue weighted by Gasteiger charge is 2.24. The van der Waals surface area contributed by atoms with E-state index in [9.17, 15) is 14.0 Å². The highest BCUT2D eigenvalue weighted by molar-refractivity contribution is 7.98. The Morgan fingerprint density at radius 3 is 2.74 bits per heavy atom. The number of carbonyl (C=O) groups excluding carboxylic acids is 2. The van der Waals surface area contributed by atoms with E-state index in [2.05, 4.69) is 10.5 Å². The molecule has 6 nitrogen and oxygen atoms in total. The van der Waals surface area contributed by atoms with Crippen LogP contribution in [0, 0.1) is 19.7 Å². The lowest BCUT2D eigenvalue weighted by Gasteiger charge is -2.17. The van der Waals surface area contributed by atoms with Gasteiger partial charge in [0.25, 0.3) is 5.91 Å². The number of hydrogen-bond acceptors (Lipinski definition) is 5. The predicted molar refractivity (Wildman–Crippen MR) is 118 cm³/mol. The maximum Gasteiger partial charge on any atom is 0.256 e. The highest BCUT2D eigenvalue weighted by atomic mass is 32.2. The molecule has 0 aliphatic carbocycles. The molecule has 160 valence electrons. The lowest BCUT2D eigenvalue weighted by molar-refractivity contribution is -0.117. The summed E-state index contributed by atoms with van der Waals surface area (Å²) in [7, 11) is 0. The Morgan fingerprint density at radius 1 is 1.26 bits per heavy atom. The van der Waals surface area contributed by atoms with E-state index in [0.29, 0.717) is 30.0 Å². The maximum atomic E-state index is 14.6. The van der Waals surface area contributed by atoms with E-state index >= 15 is 0 Å². The van der Waals surface area contributed by atoms with Crippen LogP contribution < -0.4 is 10.2 Å². The number of rotatable bonds is 6. The predicted octanol–water partition coefficient (Wildman–Crippen LogP) is 5.10. The van der Waals surface area contributed by atoms with E-state index in [4.69, 9.17) is 4.52 Å². The van der Waals surface area contributed by atoms with Gasteiger partial charge in [0.2, 0.25) is 5.91 Å². The number of hydrogen-bond donors (Lipinski definition) is 1. The van der Waals surface area contributed by atoms with E-state index in [1.165, 1.54) is 28.8 Å². The standard InChI is InChI=1S/C23H22FN3O3S/c1-14-18(15(2)30-26-14)13-31-21-7-4-3-6-17(21)23(29)25-16-9-10-20(19(24)12-16)27-11-5-8-22(27)28/h3-4,6-7,9-10,12H,5,8,11,13H2,1-2H3,(H,25,29). The smallest absolute Gasteiger partial charge is 0.256 e. The second-order valence-electron chi connectivity index (χ2n) is 7.36. The first kappa shape index (κ1) is 21.1. The van der Waals surface area contributed by atoms with Crippen molar-refractivity contribution < 1.29 is 18.5 Å². The molecule has 0 unspecified atom stereocenters. The van der Waals surface area contributed by atoms with Crippen LogP contribution in [-0.2, 0) is 10.5 Å². The Labute approximate surface area is 183 Å². The van der Waals surface area contributed by atoms with Crippen molar-refractivity contribution in [3.8, 4) is 0 Å². The Bertz CT molecular complexity index is 1130. The molecule has 1 aromatic heterocycles. The molecule has 1 fully saturated rings. The van der Waals surface area contributed by atoms with E-state index in [-0.39, 0.29) is 17.5 Å². The molecule has 2 aromatic carbocycles. The van der Waals surface area contributed by atoms with E-state index in [0.717, 1.165) is 28.3 Å². The van der Waals surface area contributed by atoms with Crippen molar-refractivity contribution in [3.05, 3.63) is 70.9 Å². The number of amides is 2. The molecule has 3 aromatic rings. The summed E-state index contributed by atoms with van der Waals surface area (Å²) in [6.07, 6.45) is 1.15. The largest absolute Gasteiger partial charge is 0.361 e. The zero-order chi connectivity index (χ0) is 22.0. The monoisotopic (exact) mass is 439 g/mol. The number of nitrogens with one attached hydrogen (secondary N) is 1. The third-order valence-electron chi connectivity index (χ3n) is 5.25. The summed E-state index contributed by atoms with van der Waals surface area (Å²) in [5.74, 6) is 0.442. The van der Waals surface area contributed by atoms with Gasteiger partial charge in [-0.1, -0.05) is 17.3 Å². The van der Waals surface area contributed by atoms with E-state index < -0.39 is 5.82 Å². The molecule has 0 saturated carbocycles. The van der Waals surface area contributed by atoms with Crippen LogP contribution in [0.15, 0.2) is 51.9 Å². The molecule has 2 heterocycles. The zero-order valence-electron chi connectivity index (χ0n) is 17.3. The zero-order valence-corrected chi connectivity index (χ0v) is 18.1. The summed E-state index contributed by atoms with van der Waals surface area (Å²) in [5, 5.41) is 6.72. The fraction of sp³-hybridized carbons (Fsp3) is 0.261. The van der Waals surface area contributed by atoms with Gasteiger partial charge >= 0.3 is 0 Å². The highest BCUT2D eigenvalue weighted by Crippen LogP contribution is 2.30. The SMILES string of the molecule is Cc1noc(C)c1CSc1ccccc1C(=O)Nc1ccc(N2CCCC2=O)c(F)c1. The molecule has 2 amide bonds. The Hall–Kier alpha value is -3.13. The molecule has 1 saturated heterocycles. The van der Waals surface area contributed by atoms with Gasteiger partial charge in [-0.05, 0) is 50.6 Å². The molecule has 4 rings (SSSR count). The van der Waals surface area contributed by atoms with Crippen LogP contribution in [0.25, 0.3) is 0 Å². The van der Waals surface area contributed by atoms with Gasteiger partial charge in [0.1, 0.15) is 11.6 Å². The second-order valence-corrected chi connectivity index (χ2v) is 8.37. The summed E-state index contributed by atoms with van der Waals surface area (Å²) in [5.41, 5.74) is 2.92. The number of thioether (sulfide) groups is 1. The summed E-state index contributed by atoms with van der Waals surface area (Å²) in [6.45, 7) is 4.26. The van der Waals surface area contributed by atoms with Gasteiger partial charge in [0.05, 0.1) is 16.9 Å². The van der Waals surface area contributed by atoms with Crippen LogP contribution in [0.5, 0.6) is 0 Å². The van der Waals surface area contributed by atoms with Gasteiger partial charge < -0.3 is 14.7 Å². The van der Waals surface area contributed by atoms with Crippen LogP contribution in [0.2, 0.25) is 0 Å². The van der Waals surface area contributed by atoms with Crippen molar-refractivity contribution in [2.75, 3.05) is 16.8 Å². The van der Waals surface area contributed by atoms with Crippen molar-refractivity contribution in [1.29, 1.82) is 0 Å². The molecular formula is C23H22FN3O3S. The number of aromatic nitrogens is 1. The molecule has 8 heteroatoms. The van der Waals surface area contributed by atoms with E-state index in [1.807, 2.05) is 26.0 Å². The Balaban J connectivity index is 1.49. The first-order valence-electron chi connectivity index (χ1n) is 9.99. The van der Waals surface area contributed by atoms with Gasteiger partial charge in [-0.25, -0.2) is 4.39 Å². The first-order chi connectivity index (χ1) is 14.9. The van der Waals surface area contributed by atoms with Crippen molar-refractivity contribution in [2.24, 2.45) is 0 Å². The average Bonchev–Trinajstić information content (AvgIpc) is 3.31. The van der Waals surface area contributed by atoms with Crippen LogP contribution >= 0.6 is 11.8 Å². The molecule has 31 heavy (non-hydrogen) atoms. The van der Waals surface area contributed by atoms with Gasteiger partial charge in [-0.3, -0.25) is 9.59 Å². The van der Waals surface area contributed by atoms with Gasteiger partial charge in [-0.2, -0.15) is 0 Å². The van der Waals surface area contributed by atoms with Crippen molar-refractivity contribution in [2.45, 2.75) is 37.3 Å². The van der Waals surface area contributed by atoms with Crippen LogP contribution in [0.3, 0.4) is 0 Å². The minimum atomic E-state index is -0.533. The number of anilines is 2. The summed E-state index contributed by atoms with van der Waals surface area (Å²) in [6, 6.07) is 11.7. The molecule has 1 aliphatic rings.